The Bertz CT molecular complexity index is 574. The molecule has 108 valence electrons. The predicted octanol–water partition coefficient (Wildman–Crippen LogP) is 2.05. The van der Waals surface area contributed by atoms with E-state index in [4.69, 9.17) is 5.73 Å². The third-order valence-electron chi connectivity index (χ3n) is 2.75. The molecule has 0 spiro atoms. The average Bonchev–Trinajstić information content (AvgIpc) is 2.24. The fourth-order valence-corrected chi connectivity index (χ4v) is 4.37. The summed E-state index contributed by atoms with van der Waals surface area (Å²) in [6.07, 6.45) is 1.90. The molecule has 19 heavy (non-hydrogen) atoms. The highest BCUT2D eigenvalue weighted by atomic mass is 32.2. The van der Waals surface area contributed by atoms with Gasteiger partial charge in [0, 0.05) is 11.8 Å². The number of sulfonamides is 1. The molecule has 1 unspecified atom stereocenters. The maximum Gasteiger partial charge on any atom is 0.241 e. The molecule has 0 heterocycles. The van der Waals surface area contributed by atoms with E-state index in [0.29, 0.717) is 11.3 Å². The molecule has 1 aromatic rings. The lowest BCUT2D eigenvalue weighted by atomic mass is 10.1. The lowest BCUT2D eigenvalue weighted by molar-refractivity contribution is 0.569. The molecule has 4 nitrogen and oxygen atoms in total. The van der Waals surface area contributed by atoms with Crippen LogP contribution in [0.25, 0.3) is 0 Å². The number of hydrogen-bond acceptors (Lipinski definition) is 4. The highest BCUT2D eigenvalue weighted by Gasteiger charge is 2.24. The van der Waals surface area contributed by atoms with Gasteiger partial charge in [0.25, 0.3) is 0 Å². The molecule has 0 saturated carbocycles. The molecule has 7 heteroatoms. The van der Waals surface area contributed by atoms with E-state index in [1.54, 1.807) is 25.6 Å². The van der Waals surface area contributed by atoms with E-state index in [1.165, 1.54) is 6.92 Å². The Morgan fingerprint density at radius 1 is 1.47 bits per heavy atom. The first-order valence-corrected chi connectivity index (χ1v) is 8.64. The SMILES string of the molecule is CSCC(C)NS(=O)(=O)c1c(C)cc(F)c(N)c1C. The molecule has 1 atom stereocenters. The van der Waals surface area contributed by atoms with E-state index < -0.39 is 15.8 Å². The van der Waals surface area contributed by atoms with Gasteiger partial charge in [0.2, 0.25) is 10.0 Å². The van der Waals surface area contributed by atoms with Gasteiger partial charge in [0.1, 0.15) is 5.82 Å². The van der Waals surface area contributed by atoms with E-state index in [9.17, 15) is 12.8 Å². The molecule has 0 radical (unpaired) electrons. The first-order chi connectivity index (χ1) is 8.70. The first kappa shape index (κ1) is 16.3. The van der Waals surface area contributed by atoms with Crippen molar-refractivity contribution in [3.63, 3.8) is 0 Å². The molecule has 1 aromatic carbocycles. The lowest BCUT2D eigenvalue weighted by Gasteiger charge is -2.17. The summed E-state index contributed by atoms with van der Waals surface area (Å²) >= 11 is 1.55. The smallest absolute Gasteiger partial charge is 0.241 e. The number of hydrogen-bond donors (Lipinski definition) is 2. The van der Waals surface area contributed by atoms with Crippen molar-refractivity contribution in [1.29, 1.82) is 0 Å². The molecule has 0 aliphatic heterocycles. The summed E-state index contributed by atoms with van der Waals surface area (Å²) in [6.45, 7) is 4.86. The minimum Gasteiger partial charge on any atom is -0.396 e. The fourth-order valence-electron chi connectivity index (χ4n) is 1.95. The molecule has 1 rings (SSSR count). The van der Waals surface area contributed by atoms with E-state index in [0.717, 1.165) is 6.07 Å². The molecule has 0 aliphatic carbocycles. The molecule has 0 bridgehead atoms. The quantitative estimate of drug-likeness (QED) is 0.817. The Kier molecular flexibility index (Phi) is 5.23. The standard InChI is InChI=1S/C12H19FN2O2S2/c1-7-5-10(13)11(14)9(3)12(7)19(16,17)15-8(2)6-18-4/h5,8,15H,6,14H2,1-4H3. The van der Waals surface area contributed by atoms with E-state index in [1.807, 2.05) is 6.26 Å². The molecular formula is C12H19FN2O2S2. The van der Waals surface area contributed by atoms with Crippen molar-refractivity contribution >= 4 is 27.5 Å². The van der Waals surface area contributed by atoms with Crippen LogP contribution in [0.1, 0.15) is 18.1 Å². The summed E-state index contributed by atoms with van der Waals surface area (Å²) < 4.78 is 40.7. The van der Waals surface area contributed by atoms with Gasteiger partial charge < -0.3 is 5.73 Å². The van der Waals surface area contributed by atoms with Crippen LogP contribution in [0, 0.1) is 19.7 Å². The average molecular weight is 306 g/mol. The Hall–Kier alpha value is -0.790. The van der Waals surface area contributed by atoms with Crippen LogP contribution in [-0.2, 0) is 10.0 Å². The van der Waals surface area contributed by atoms with Crippen LogP contribution in [-0.4, -0.2) is 26.5 Å². The summed E-state index contributed by atoms with van der Waals surface area (Å²) in [5.74, 6) is 0.0692. The predicted molar refractivity (Wildman–Crippen MR) is 78.5 cm³/mol. The Balaban J connectivity index is 3.26. The summed E-state index contributed by atoms with van der Waals surface area (Å²) in [4.78, 5) is 0.0688. The van der Waals surface area contributed by atoms with E-state index in [2.05, 4.69) is 4.72 Å². The highest BCUT2D eigenvalue weighted by Crippen LogP contribution is 2.27. The van der Waals surface area contributed by atoms with Gasteiger partial charge in [0.15, 0.2) is 0 Å². The number of nitrogens with one attached hydrogen (secondary N) is 1. The molecule has 0 aromatic heterocycles. The minimum atomic E-state index is -3.69. The van der Waals surface area contributed by atoms with Crippen LogP contribution in [0.2, 0.25) is 0 Å². The number of thioether (sulfide) groups is 1. The fraction of sp³-hybridized carbons (Fsp3) is 0.500. The van der Waals surface area contributed by atoms with Crippen LogP contribution in [0.4, 0.5) is 10.1 Å². The van der Waals surface area contributed by atoms with Gasteiger partial charge in [-0.25, -0.2) is 17.5 Å². The Morgan fingerprint density at radius 3 is 2.58 bits per heavy atom. The zero-order chi connectivity index (χ0) is 14.8. The number of rotatable bonds is 5. The van der Waals surface area contributed by atoms with Crippen LogP contribution in [0.5, 0.6) is 0 Å². The lowest BCUT2D eigenvalue weighted by Crippen LogP contribution is -2.35. The number of benzene rings is 1. The van der Waals surface area contributed by atoms with Gasteiger partial charge >= 0.3 is 0 Å². The summed E-state index contributed by atoms with van der Waals surface area (Å²) in [5.41, 5.74) is 6.05. The first-order valence-electron chi connectivity index (χ1n) is 5.77. The van der Waals surface area contributed by atoms with Gasteiger partial charge in [-0.1, -0.05) is 0 Å². The summed E-state index contributed by atoms with van der Waals surface area (Å²) in [5, 5.41) is 0. The largest absolute Gasteiger partial charge is 0.396 e. The van der Waals surface area contributed by atoms with Crippen LogP contribution in [0.15, 0.2) is 11.0 Å². The van der Waals surface area contributed by atoms with Crippen molar-refractivity contribution in [1.82, 2.24) is 4.72 Å². The molecule has 0 fully saturated rings. The summed E-state index contributed by atoms with van der Waals surface area (Å²) in [7, 11) is -3.69. The topological polar surface area (TPSA) is 72.2 Å². The van der Waals surface area contributed by atoms with Gasteiger partial charge in [0.05, 0.1) is 10.6 Å². The summed E-state index contributed by atoms with van der Waals surface area (Å²) in [6, 6.07) is 0.945. The molecule has 0 saturated heterocycles. The van der Waals surface area contributed by atoms with Crippen LogP contribution >= 0.6 is 11.8 Å². The number of anilines is 1. The van der Waals surface area contributed by atoms with Crippen molar-refractivity contribution < 1.29 is 12.8 Å². The second-order valence-electron chi connectivity index (χ2n) is 4.52. The Morgan fingerprint density at radius 2 is 2.05 bits per heavy atom. The van der Waals surface area contributed by atoms with Crippen LogP contribution in [0.3, 0.4) is 0 Å². The number of halogens is 1. The highest BCUT2D eigenvalue weighted by molar-refractivity contribution is 7.98. The number of aryl methyl sites for hydroxylation is 1. The van der Waals surface area contributed by atoms with Gasteiger partial charge in [-0.3, -0.25) is 0 Å². The third-order valence-corrected chi connectivity index (χ3v) is 5.46. The maximum absolute atomic E-state index is 13.4. The minimum absolute atomic E-state index is 0.0688. The maximum atomic E-state index is 13.4. The third kappa shape index (κ3) is 3.61. The van der Waals surface area contributed by atoms with E-state index in [-0.39, 0.29) is 22.2 Å². The van der Waals surface area contributed by atoms with Crippen molar-refractivity contribution in [2.45, 2.75) is 31.7 Å². The zero-order valence-electron chi connectivity index (χ0n) is 11.5. The van der Waals surface area contributed by atoms with Crippen molar-refractivity contribution in [2.75, 3.05) is 17.7 Å². The zero-order valence-corrected chi connectivity index (χ0v) is 13.1. The molecule has 0 aliphatic rings. The Labute approximate surface area is 118 Å². The van der Waals surface area contributed by atoms with Crippen molar-refractivity contribution in [3.8, 4) is 0 Å². The second-order valence-corrected chi connectivity index (χ2v) is 7.08. The monoisotopic (exact) mass is 306 g/mol. The molecular weight excluding hydrogens is 287 g/mol. The molecule has 0 amide bonds. The molecule has 3 N–H and O–H groups in total. The second kappa shape index (κ2) is 6.11. The van der Waals surface area contributed by atoms with Crippen LogP contribution < -0.4 is 10.5 Å². The normalized spacial score (nSPS) is 13.5. The van der Waals surface area contributed by atoms with E-state index >= 15 is 0 Å². The van der Waals surface area contributed by atoms with Crippen molar-refractivity contribution in [3.05, 3.63) is 23.0 Å². The number of nitrogen functional groups attached to an aromatic ring is 1. The van der Waals surface area contributed by atoms with Gasteiger partial charge in [-0.2, -0.15) is 11.8 Å². The van der Waals surface area contributed by atoms with Gasteiger partial charge in [-0.15, -0.1) is 0 Å². The van der Waals surface area contributed by atoms with Gasteiger partial charge in [-0.05, 0) is 44.2 Å². The van der Waals surface area contributed by atoms with Crippen molar-refractivity contribution in [2.24, 2.45) is 0 Å². The number of nitrogens with two attached hydrogens (primary N) is 1.